The summed E-state index contributed by atoms with van der Waals surface area (Å²) in [6.07, 6.45) is 5.25. The first-order valence-electron chi connectivity index (χ1n) is 6.08. The number of alkyl halides is 1. The molecule has 2 aromatic rings. The molecule has 0 aliphatic carbocycles. The molecule has 1 unspecified atom stereocenters. The number of hydrogen-bond acceptors (Lipinski definition) is 1. The zero-order valence-electron chi connectivity index (χ0n) is 10.3. The Morgan fingerprint density at radius 2 is 1.84 bits per heavy atom. The third kappa shape index (κ3) is 4.20. The van der Waals surface area contributed by atoms with Gasteiger partial charge in [0.1, 0.15) is 0 Å². The van der Waals surface area contributed by atoms with Gasteiger partial charge in [-0.25, -0.2) is 0 Å². The van der Waals surface area contributed by atoms with Crippen LogP contribution >= 0.6 is 39.1 Å². The summed E-state index contributed by atoms with van der Waals surface area (Å²) in [5.41, 5.74) is 2.38. The molecule has 4 heteroatoms. The van der Waals surface area contributed by atoms with Crippen LogP contribution in [0.5, 0.6) is 0 Å². The number of rotatable bonds is 5. The molecule has 0 bridgehead atoms. The molecule has 2 rings (SSSR count). The van der Waals surface area contributed by atoms with Gasteiger partial charge in [-0.05, 0) is 42.0 Å². The van der Waals surface area contributed by atoms with Crippen molar-refractivity contribution in [3.63, 3.8) is 0 Å². The van der Waals surface area contributed by atoms with E-state index in [1.807, 2.05) is 18.2 Å². The van der Waals surface area contributed by atoms with E-state index >= 15 is 0 Å². The zero-order valence-corrected chi connectivity index (χ0v) is 13.4. The van der Waals surface area contributed by atoms with E-state index in [9.17, 15) is 0 Å². The van der Waals surface area contributed by atoms with E-state index in [2.05, 4.69) is 33.0 Å². The summed E-state index contributed by atoms with van der Waals surface area (Å²) in [6, 6.07) is 10.2. The summed E-state index contributed by atoms with van der Waals surface area (Å²) in [4.78, 5) is 4.00. The van der Waals surface area contributed by atoms with Crippen molar-refractivity contribution >= 4 is 39.1 Å². The number of nitrogens with zero attached hydrogens (tertiary/aromatic N) is 1. The van der Waals surface area contributed by atoms with Gasteiger partial charge in [-0.1, -0.05) is 45.7 Å². The second-order valence-electron chi connectivity index (χ2n) is 4.49. The van der Waals surface area contributed by atoms with Gasteiger partial charge in [0, 0.05) is 22.7 Å². The molecule has 0 spiro atoms. The first-order chi connectivity index (χ1) is 9.20. The smallest absolute Gasteiger partial charge is 0.0621 e. The first kappa shape index (κ1) is 14.8. The maximum atomic E-state index is 6.14. The largest absolute Gasteiger partial charge is 0.263 e. The first-order valence-corrected chi connectivity index (χ1v) is 7.79. The zero-order chi connectivity index (χ0) is 13.7. The van der Waals surface area contributed by atoms with Crippen LogP contribution in [0.3, 0.4) is 0 Å². The Kier molecular flexibility index (Phi) is 5.68. The molecule has 1 atom stereocenters. The lowest BCUT2D eigenvalue weighted by molar-refractivity contribution is 0.582. The fourth-order valence-electron chi connectivity index (χ4n) is 2.04. The quantitative estimate of drug-likeness (QED) is 0.674. The van der Waals surface area contributed by atoms with E-state index < -0.39 is 0 Å². The summed E-state index contributed by atoms with van der Waals surface area (Å²) in [5.74, 6) is 0.972. The van der Waals surface area contributed by atoms with Crippen LogP contribution < -0.4 is 0 Å². The predicted octanol–water partition coefficient (Wildman–Crippen LogP) is 5.14. The second-order valence-corrected chi connectivity index (χ2v) is 6.06. The Labute approximate surface area is 132 Å². The SMILES string of the molecule is ClCC(Cc1ccncc1Cl)Cc1ccccc1Br. The molecule has 0 amide bonds. The van der Waals surface area contributed by atoms with E-state index in [0.717, 1.165) is 22.9 Å². The second kappa shape index (κ2) is 7.28. The summed E-state index contributed by atoms with van der Waals surface area (Å²) >= 11 is 15.8. The van der Waals surface area contributed by atoms with Crippen LogP contribution in [0.1, 0.15) is 11.1 Å². The molecule has 1 nitrogen and oxygen atoms in total. The van der Waals surface area contributed by atoms with Crippen molar-refractivity contribution < 1.29 is 0 Å². The van der Waals surface area contributed by atoms with Crippen LogP contribution in [0.4, 0.5) is 0 Å². The van der Waals surface area contributed by atoms with Crippen molar-refractivity contribution in [1.82, 2.24) is 4.98 Å². The van der Waals surface area contributed by atoms with Crippen molar-refractivity contribution in [1.29, 1.82) is 0 Å². The predicted molar refractivity (Wildman–Crippen MR) is 85.0 cm³/mol. The third-order valence-electron chi connectivity index (χ3n) is 3.05. The van der Waals surface area contributed by atoms with Gasteiger partial charge < -0.3 is 0 Å². The number of hydrogen-bond donors (Lipinski definition) is 0. The fourth-order valence-corrected chi connectivity index (χ4v) is 2.90. The molecule has 1 aromatic heterocycles. The normalized spacial score (nSPS) is 12.4. The van der Waals surface area contributed by atoms with Crippen LogP contribution in [0.15, 0.2) is 47.2 Å². The van der Waals surface area contributed by atoms with Gasteiger partial charge >= 0.3 is 0 Å². The molecule has 100 valence electrons. The minimum absolute atomic E-state index is 0.361. The van der Waals surface area contributed by atoms with E-state index in [-0.39, 0.29) is 0 Å². The Morgan fingerprint density at radius 1 is 1.11 bits per heavy atom. The van der Waals surface area contributed by atoms with Gasteiger partial charge in [0.15, 0.2) is 0 Å². The number of aromatic nitrogens is 1. The van der Waals surface area contributed by atoms with E-state index in [1.165, 1.54) is 5.56 Å². The topological polar surface area (TPSA) is 12.9 Å². The van der Waals surface area contributed by atoms with Crippen LogP contribution in [-0.2, 0) is 12.8 Å². The Morgan fingerprint density at radius 3 is 2.53 bits per heavy atom. The van der Waals surface area contributed by atoms with E-state index in [1.54, 1.807) is 12.4 Å². The van der Waals surface area contributed by atoms with Crippen LogP contribution in [0, 0.1) is 5.92 Å². The van der Waals surface area contributed by atoms with Crippen LogP contribution in [0.25, 0.3) is 0 Å². The van der Waals surface area contributed by atoms with Crippen molar-refractivity contribution in [2.24, 2.45) is 5.92 Å². The van der Waals surface area contributed by atoms with Gasteiger partial charge in [0.2, 0.25) is 0 Å². The molecule has 0 aliphatic heterocycles. The average molecular weight is 359 g/mol. The van der Waals surface area contributed by atoms with Gasteiger partial charge in [0.05, 0.1) is 5.02 Å². The van der Waals surface area contributed by atoms with E-state index in [0.29, 0.717) is 16.8 Å². The van der Waals surface area contributed by atoms with Gasteiger partial charge in [-0.15, -0.1) is 11.6 Å². The highest BCUT2D eigenvalue weighted by molar-refractivity contribution is 9.10. The summed E-state index contributed by atoms with van der Waals surface area (Å²) in [5, 5.41) is 0.713. The van der Waals surface area contributed by atoms with Gasteiger partial charge in [0.25, 0.3) is 0 Å². The average Bonchev–Trinajstić information content (AvgIpc) is 2.42. The summed E-state index contributed by atoms with van der Waals surface area (Å²) in [7, 11) is 0. The molecular formula is C15H14BrCl2N. The Balaban J connectivity index is 2.09. The molecule has 0 radical (unpaired) electrons. The lowest BCUT2D eigenvalue weighted by Gasteiger charge is -2.15. The maximum Gasteiger partial charge on any atom is 0.0621 e. The highest BCUT2D eigenvalue weighted by atomic mass is 79.9. The lowest BCUT2D eigenvalue weighted by atomic mass is 9.94. The molecule has 0 saturated carbocycles. The molecule has 0 N–H and O–H groups in total. The molecule has 0 fully saturated rings. The standard InChI is InChI=1S/C15H14BrCl2N/c16-14-4-2-1-3-12(14)7-11(9-17)8-13-5-6-19-10-15(13)18/h1-6,10-11H,7-9H2. The Hall–Kier alpha value is -0.570. The van der Waals surface area contributed by atoms with Crippen LogP contribution in [-0.4, -0.2) is 10.9 Å². The minimum Gasteiger partial charge on any atom is -0.263 e. The number of pyridine rings is 1. The van der Waals surface area contributed by atoms with Gasteiger partial charge in [-0.2, -0.15) is 0 Å². The maximum absolute atomic E-state index is 6.14. The van der Waals surface area contributed by atoms with Gasteiger partial charge in [-0.3, -0.25) is 4.98 Å². The molecule has 0 aliphatic rings. The Bertz CT molecular complexity index is 498. The van der Waals surface area contributed by atoms with Crippen molar-refractivity contribution in [3.8, 4) is 0 Å². The highest BCUT2D eigenvalue weighted by Gasteiger charge is 2.13. The number of halogens is 3. The number of benzene rings is 1. The molecular weight excluding hydrogens is 345 g/mol. The molecule has 1 heterocycles. The van der Waals surface area contributed by atoms with E-state index in [4.69, 9.17) is 23.2 Å². The molecule has 19 heavy (non-hydrogen) atoms. The van der Waals surface area contributed by atoms with Crippen LogP contribution in [0.2, 0.25) is 5.02 Å². The minimum atomic E-state index is 0.361. The van der Waals surface area contributed by atoms with Crippen molar-refractivity contribution in [3.05, 3.63) is 63.3 Å². The monoisotopic (exact) mass is 357 g/mol. The molecule has 1 aromatic carbocycles. The third-order valence-corrected chi connectivity index (χ3v) is 4.60. The summed E-state index contributed by atoms with van der Waals surface area (Å²) < 4.78 is 1.13. The van der Waals surface area contributed by atoms with Crippen molar-refractivity contribution in [2.75, 3.05) is 5.88 Å². The molecule has 0 saturated heterocycles. The summed E-state index contributed by atoms with van der Waals surface area (Å²) in [6.45, 7) is 0. The fraction of sp³-hybridized carbons (Fsp3) is 0.267. The highest BCUT2D eigenvalue weighted by Crippen LogP contribution is 2.24. The lowest BCUT2D eigenvalue weighted by Crippen LogP contribution is -2.11. The van der Waals surface area contributed by atoms with Crippen molar-refractivity contribution in [2.45, 2.75) is 12.8 Å².